The zero-order valence-electron chi connectivity index (χ0n) is 14.0. The van der Waals surface area contributed by atoms with Crippen molar-refractivity contribution in [3.8, 4) is 0 Å². The first-order chi connectivity index (χ1) is 8.78. The van der Waals surface area contributed by atoms with E-state index in [0.29, 0.717) is 11.5 Å². The number of rotatable bonds is 7. The summed E-state index contributed by atoms with van der Waals surface area (Å²) in [6, 6.07) is 0.582. The van der Waals surface area contributed by atoms with Gasteiger partial charge in [-0.2, -0.15) is 0 Å². The molecule has 1 saturated heterocycles. The molecule has 0 atom stereocenters. The molecule has 114 valence electrons. The first-order valence-corrected chi connectivity index (χ1v) is 7.89. The smallest absolute Gasteiger partial charge is 0.00419 e. The molecule has 1 fully saturated rings. The Hall–Kier alpha value is -0.120. The van der Waals surface area contributed by atoms with Gasteiger partial charge in [-0.3, -0.25) is 0 Å². The molecule has 0 aromatic heterocycles. The summed E-state index contributed by atoms with van der Waals surface area (Å²) < 4.78 is 0. The highest BCUT2D eigenvalue weighted by atomic mass is 15.1. The van der Waals surface area contributed by atoms with Crippen LogP contribution in [0.5, 0.6) is 0 Å². The van der Waals surface area contributed by atoms with Crippen molar-refractivity contribution >= 4 is 0 Å². The average Bonchev–Trinajstić information content (AvgIpc) is 2.29. The zero-order valence-corrected chi connectivity index (χ0v) is 14.0. The summed E-state index contributed by atoms with van der Waals surface area (Å²) in [4.78, 5) is 4.99. The fourth-order valence-electron chi connectivity index (χ4n) is 3.02. The zero-order chi connectivity index (χ0) is 14.5. The highest BCUT2D eigenvalue weighted by molar-refractivity contribution is 4.78. The Balaban J connectivity index is 2.27. The van der Waals surface area contributed by atoms with E-state index in [1.165, 1.54) is 39.0 Å². The first kappa shape index (κ1) is 16.9. The SMILES string of the molecule is CC(C)NCC(C)(C)CN(C)CC1CCN(C)CC1. The van der Waals surface area contributed by atoms with E-state index in [1.54, 1.807) is 0 Å². The minimum Gasteiger partial charge on any atom is -0.314 e. The normalized spacial score (nSPS) is 19.6. The van der Waals surface area contributed by atoms with Gasteiger partial charge in [0.1, 0.15) is 0 Å². The fourth-order valence-corrected chi connectivity index (χ4v) is 3.02. The number of hydrogen-bond acceptors (Lipinski definition) is 3. The fraction of sp³-hybridized carbons (Fsp3) is 1.00. The molecule has 0 radical (unpaired) electrons. The topological polar surface area (TPSA) is 18.5 Å². The molecule has 1 aliphatic heterocycles. The molecule has 0 aromatic rings. The van der Waals surface area contributed by atoms with Gasteiger partial charge in [0, 0.05) is 25.7 Å². The van der Waals surface area contributed by atoms with Gasteiger partial charge < -0.3 is 15.1 Å². The molecular formula is C16H35N3. The molecule has 1 rings (SSSR count). The molecule has 0 aromatic carbocycles. The van der Waals surface area contributed by atoms with Crippen LogP contribution >= 0.6 is 0 Å². The lowest BCUT2D eigenvalue weighted by Gasteiger charge is -2.35. The van der Waals surface area contributed by atoms with Crippen LogP contribution in [0.3, 0.4) is 0 Å². The van der Waals surface area contributed by atoms with Crippen molar-refractivity contribution in [1.82, 2.24) is 15.1 Å². The Morgan fingerprint density at radius 3 is 2.37 bits per heavy atom. The number of piperidine rings is 1. The van der Waals surface area contributed by atoms with Gasteiger partial charge in [0.05, 0.1) is 0 Å². The van der Waals surface area contributed by atoms with Crippen molar-refractivity contribution in [1.29, 1.82) is 0 Å². The Bertz CT molecular complexity index is 242. The Labute approximate surface area is 120 Å². The van der Waals surface area contributed by atoms with Gasteiger partial charge in [-0.15, -0.1) is 0 Å². The molecule has 0 amide bonds. The molecule has 19 heavy (non-hydrogen) atoms. The third kappa shape index (κ3) is 7.28. The summed E-state index contributed by atoms with van der Waals surface area (Å²) in [5.74, 6) is 0.898. The third-order valence-corrected chi connectivity index (χ3v) is 4.09. The molecule has 3 nitrogen and oxygen atoms in total. The molecule has 3 heteroatoms. The number of nitrogens with one attached hydrogen (secondary N) is 1. The summed E-state index contributed by atoms with van der Waals surface area (Å²) in [5.41, 5.74) is 0.352. The van der Waals surface area contributed by atoms with Gasteiger partial charge in [0.25, 0.3) is 0 Å². The summed E-state index contributed by atoms with van der Waals surface area (Å²) >= 11 is 0. The second-order valence-electron chi connectivity index (χ2n) is 7.64. The van der Waals surface area contributed by atoms with Crippen molar-refractivity contribution in [2.75, 3.05) is 46.8 Å². The predicted octanol–water partition coefficient (Wildman–Crippen LogP) is 2.28. The summed E-state index contributed by atoms with van der Waals surface area (Å²) in [6.45, 7) is 15.3. The first-order valence-electron chi connectivity index (χ1n) is 7.89. The molecule has 0 saturated carbocycles. The van der Waals surface area contributed by atoms with Crippen molar-refractivity contribution < 1.29 is 0 Å². The minimum atomic E-state index is 0.352. The maximum atomic E-state index is 3.57. The van der Waals surface area contributed by atoms with E-state index in [2.05, 4.69) is 56.9 Å². The van der Waals surface area contributed by atoms with Crippen LogP contribution in [0.1, 0.15) is 40.5 Å². The Kier molecular flexibility index (Phi) is 6.78. The lowest BCUT2D eigenvalue weighted by molar-refractivity contribution is 0.142. The molecule has 1 heterocycles. The molecule has 0 spiro atoms. The minimum absolute atomic E-state index is 0.352. The second kappa shape index (κ2) is 7.61. The quantitative estimate of drug-likeness (QED) is 0.765. The lowest BCUT2D eigenvalue weighted by Crippen LogP contribution is -2.43. The molecular weight excluding hydrogens is 234 g/mol. The maximum Gasteiger partial charge on any atom is 0.00419 e. The van der Waals surface area contributed by atoms with Gasteiger partial charge in [0.15, 0.2) is 0 Å². The third-order valence-electron chi connectivity index (χ3n) is 4.09. The van der Waals surface area contributed by atoms with E-state index in [4.69, 9.17) is 0 Å². The van der Waals surface area contributed by atoms with E-state index in [9.17, 15) is 0 Å². The van der Waals surface area contributed by atoms with Crippen LogP contribution in [-0.2, 0) is 0 Å². The van der Waals surface area contributed by atoms with E-state index >= 15 is 0 Å². The maximum absolute atomic E-state index is 3.57. The second-order valence-corrected chi connectivity index (χ2v) is 7.64. The van der Waals surface area contributed by atoms with Crippen LogP contribution < -0.4 is 5.32 Å². The van der Waals surface area contributed by atoms with Gasteiger partial charge >= 0.3 is 0 Å². The monoisotopic (exact) mass is 269 g/mol. The standard InChI is InChI=1S/C16H35N3/c1-14(2)17-12-16(3,4)13-19(6)11-15-7-9-18(5)10-8-15/h14-15,17H,7-13H2,1-6H3. The summed E-state index contributed by atoms with van der Waals surface area (Å²) in [5, 5.41) is 3.57. The Morgan fingerprint density at radius 2 is 1.84 bits per heavy atom. The van der Waals surface area contributed by atoms with E-state index in [1.807, 2.05) is 0 Å². The Morgan fingerprint density at radius 1 is 1.26 bits per heavy atom. The van der Waals surface area contributed by atoms with Crippen molar-refractivity contribution in [3.63, 3.8) is 0 Å². The number of hydrogen-bond donors (Lipinski definition) is 1. The van der Waals surface area contributed by atoms with Crippen molar-refractivity contribution in [3.05, 3.63) is 0 Å². The molecule has 0 aliphatic carbocycles. The van der Waals surface area contributed by atoms with Gasteiger partial charge in [-0.1, -0.05) is 27.7 Å². The van der Waals surface area contributed by atoms with Crippen LogP contribution in [0.4, 0.5) is 0 Å². The van der Waals surface area contributed by atoms with Crippen LogP contribution in [0.25, 0.3) is 0 Å². The molecule has 0 unspecified atom stereocenters. The highest BCUT2D eigenvalue weighted by Gasteiger charge is 2.23. The van der Waals surface area contributed by atoms with Crippen molar-refractivity contribution in [2.24, 2.45) is 11.3 Å². The lowest BCUT2D eigenvalue weighted by atomic mass is 9.91. The van der Waals surface area contributed by atoms with Gasteiger partial charge in [-0.25, -0.2) is 0 Å². The number of nitrogens with zero attached hydrogens (tertiary/aromatic N) is 2. The highest BCUT2D eigenvalue weighted by Crippen LogP contribution is 2.20. The molecule has 1 N–H and O–H groups in total. The van der Waals surface area contributed by atoms with Crippen molar-refractivity contribution in [2.45, 2.75) is 46.6 Å². The van der Waals surface area contributed by atoms with Gasteiger partial charge in [-0.05, 0) is 51.4 Å². The molecule has 1 aliphatic rings. The van der Waals surface area contributed by atoms with Crippen LogP contribution in [-0.4, -0.2) is 62.7 Å². The largest absolute Gasteiger partial charge is 0.314 e. The summed E-state index contributed by atoms with van der Waals surface area (Å²) in [7, 11) is 4.52. The van der Waals surface area contributed by atoms with Crippen LogP contribution in [0, 0.1) is 11.3 Å². The van der Waals surface area contributed by atoms with Crippen LogP contribution in [0.2, 0.25) is 0 Å². The van der Waals surface area contributed by atoms with E-state index in [-0.39, 0.29) is 0 Å². The molecule has 0 bridgehead atoms. The predicted molar refractivity (Wildman–Crippen MR) is 84.6 cm³/mol. The van der Waals surface area contributed by atoms with E-state index < -0.39 is 0 Å². The van der Waals surface area contributed by atoms with Gasteiger partial charge in [0.2, 0.25) is 0 Å². The van der Waals surface area contributed by atoms with E-state index in [0.717, 1.165) is 12.5 Å². The average molecular weight is 269 g/mol. The van der Waals surface area contributed by atoms with Crippen LogP contribution in [0.15, 0.2) is 0 Å². The number of likely N-dealkylation sites (tertiary alicyclic amines) is 1. The summed E-state index contributed by atoms with van der Waals surface area (Å²) in [6.07, 6.45) is 2.73.